The summed E-state index contributed by atoms with van der Waals surface area (Å²) < 4.78 is 0. The highest BCUT2D eigenvalue weighted by Crippen LogP contribution is 2.29. The van der Waals surface area contributed by atoms with E-state index < -0.39 is 22.9 Å². The van der Waals surface area contributed by atoms with Crippen molar-refractivity contribution in [2.45, 2.75) is 13.0 Å². The van der Waals surface area contributed by atoms with Crippen molar-refractivity contribution in [1.29, 1.82) is 0 Å². The lowest BCUT2D eigenvalue weighted by Gasteiger charge is -2.28. The summed E-state index contributed by atoms with van der Waals surface area (Å²) in [6.07, 6.45) is 0. The Morgan fingerprint density at radius 3 is 2.67 bits per heavy atom. The molecule has 0 aliphatic carbocycles. The van der Waals surface area contributed by atoms with E-state index in [9.17, 15) is 19.7 Å². The molecule has 2 aromatic carbocycles. The number of hydrogen-bond donors (Lipinski definition) is 3. The number of allylic oxidation sites excluding steroid dienone is 1. The van der Waals surface area contributed by atoms with Gasteiger partial charge in [-0.15, -0.1) is 0 Å². The van der Waals surface area contributed by atoms with Crippen LogP contribution in [0.2, 0.25) is 5.02 Å². The zero-order valence-corrected chi connectivity index (χ0v) is 14.9. The number of nitrogens with one attached hydrogen (secondary N) is 3. The molecule has 0 saturated carbocycles. The summed E-state index contributed by atoms with van der Waals surface area (Å²) in [6.45, 7) is 1.61. The third kappa shape index (κ3) is 4.06. The molecule has 0 radical (unpaired) electrons. The van der Waals surface area contributed by atoms with Crippen molar-refractivity contribution in [3.05, 3.63) is 80.5 Å². The summed E-state index contributed by atoms with van der Waals surface area (Å²) in [5, 5.41) is 19.3. The number of halogens is 1. The fraction of sp³-hybridized carbons (Fsp3) is 0.111. The lowest BCUT2D eigenvalue weighted by Crippen LogP contribution is -2.45. The van der Waals surface area contributed by atoms with Crippen molar-refractivity contribution in [1.82, 2.24) is 10.6 Å². The summed E-state index contributed by atoms with van der Waals surface area (Å²) in [7, 11) is 0. The Balaban J connectivity index is 1.94. The Bertz CT molecular complexity index is 973. The van der Waals surface area contributed by atoms with Gasteiger partial charge >= 0.3 is 6.03 Å². The zero-order chi connectivity index (χ0) is 19.6. The quantitative estimate of drug-likeness (QED) is 0.551. The number of nitro groups is 1. The lowest BCUT2D eigenvalue weighted by molar-refractivity contribution is -0.384. The molecule has 1 aliphatic rings. The van der Waals surface area contributed by atoms with Crippen LogP contribution in [0.15, 0.2) is 59.8 Å². The normalized spacial score (nSPS) is 16.4. The number of amides is 3. The average Bonchev–Trinajstić information content (AvgIpc) is 2.61. The van der Waals surface area contributed by atoms with Crippen molar-refractivity contribution in [3.8, 4) is 0 Å². The Hall–Kier alpha value is -3.39. The van der Waals surface area contributed by atoms with Gasteiger partial charge in [0.2, 0.25) is 0 Å². The minimum absolute atomic E-state index is 0.139. The first-order valence-electron chi connectivity index (χ1n) is 7.94. The van der Waals surface area contributed by atoms with Crippen LogP contribution in [0.1, 0.15) is 18.5 Å². The van der Waals surface area contributed by atoms with Gasteiger partial charge in [0, 0.05) is 28.5 Å². The van der Waals surface area contributed by atoms with Gasteiger partial charge in [-0.25, -0.2) is 4.79 Å². The molecule has 0 saturated heterocycles. The lowest BCUT2D eigenvalue weighted by atomic mass is 9.95. The van der Waals surface area contributed by atoms with E-state index in [0.29, 0.717) is 16.3 Å². The minimum atomic E-state index is -0.712. The SMILES string of the molecule is CC1=C(C(=O)Nc2cccc([N+](=O)[O-])c2)[C@@H](c2cccc(Cl)c2)NC(=O)N1. The van der Waals surface area contributed by atoms with Gasteiger partial charge in [-0.1, -0.05) is 29.8 Å². The third-order valence-electron chi connectivity index (χ3n) is 4.01. The highest BCUT2D eigenvalue weighted by molar-refractivity contribution is 6.30. The standard InChI is InChI=1S/C18H15ClN4O4/c1-10-15(17(24)21-13-6-3-7-14(9-13)23(26)27)16(22-18(25)20-10)11-4-2-5-12(19)8-11/h2-9,16H,1H3,(H,21,24)(H2,20,22,25)/t16-/m1/s1. The van der Waals surface area contributed by atoms with Crippen LogP contribution in [0.25, 0.3) is 0 Å². The minimum Gasteiger partial charge on any atom is -0.327 e. The summed E-state index contributed by atoms with van der Waals surface area (Å²) in [5.41, 5.74) is 1.44. The first-order chi connectivity index (χ1) is 12.8. The van der Waals surface area contributed by atoms with Gasteiger partial charge in [-0.3, -0.25) is 14.9 Å². The van der Waals surface area contributed by atoms with E-state index in [-0.39, 0.29) is 16.9 Å². The van der Waals surface area contributed by atoms with Gasteiger partial charge < -0.3 is 16.0 Å². The predicted molar refractivity (Wildman–Crippen MR) is 100 cm³/mol. The number of rotatable bonds is 4. The molecule has 0 unspecified atom stereocenters. The predicted octanol–water partition coefficient (Wildman–Crippen LogP) is 3.51. The van der Waals surface area contributed by atoms with Crippen molar-refractivity contribution in [2.75, 3.05) is 5.32 Å². The molecule has 1 aliphatic heterocycles. The maximum atomic E-state index is 12.9. The highest BCUT2D eigenvalue weighted by atomic mass is 35.5. The highest BCUT2D eigenvalue weighted by Gasteiger charge is 2.31. The second kappa shape index (κ2) is 7.46. The van der Waals surface area contributed by atoms with Crippen molar-refractivity contribution >= 4 is 34.9 Å². The molecular weight excluding hydrogens is 372 g/mol. The average molecular weight is 387 g/mol. The van der Waals surface area contributed by atoms with Crippen LogP contribution in [-0.4, -0.2) is 16.9 Å². The maximum absolute atomic E-state index is 12.9. The van der Waals surface area contributed by atoms with Crippen LogP contribution in [-0.2, 0) is 4.79 Å². The van der Waals surface area contributed by atoms with Crippen LogP contribution >= 0.6 is 11.6 Å². The fourth-order valence-corrected chi connectivity index (χ4v) is 3.03. The van der Waals surface area contributed by atoms with E-state index in [1.54, 1.807) is 37.3 Å². The first kappa shape index (κ1) is 18.4. The topological polar surface area (TPSA) is 113 Å². The van der Waals surface area contributed by atoms with Gasteiger partial charge in [0.25, 0.3) is 11.6 Å². The van der Waals surface area contributed by atoms with Gasteiger partial charge in [0.05, 0.1) is 16.5 Å². The molecule has 138 valence electrons. The van der Waals surface area contributed by atoms with Gasteiger partial charge in [0.1, 0.15) is 0 Å². The van der Waals surface area contributed by atoms with Crippen LogP contribution in [0, 0.1) is 10.1 Å². The molecule has 3 amide bonds. The number of anilines is 1. The van der Waals surface area contributed by atoms with Gasteiger partial charge in [-0.05, 0) is 30.7 Å². The molecule has 8 nitrogen and oxygen atoms in total. The van der Waals surface area contributed by atoms with E-state index in [1.807, 2.05) is 0 Å². The monoisotopic (exact) mass is 386 g/mol. The number of nitrogens with zero attached hydrogens (tertiary/aromatic N) is 1. The Morgan fingerprint density at radius 1 is 1.22 bits per heavy atom. The number of carbonyl (C=O) groups is 2. The number of carbonyl (C=O) groups excluding carboxylic acids is 2. The number of nitro benzene ring substituents is 1. The van der Waals surface area contributed by atoms with Crippen LogP contribution in [0.5, 0.6) is 0 Å². The summed E-state index contributed by atoms with van der Waals surface area (Å²) in [6, 6.07) is 11.3. The van der Waals surface area contributed by atoms with Crippen LogP contribution in [0.4, 0.5) is 16.2 Å². The Morgan fingerprint density at radius 2 is 1.96 bits per heavy atom. The van der Waals surface area contributed by atoms with Crippen molar-refractivity contribution in [3.63, 3.8) is 0 Å². The van der Waals surface area contributed by atoms with E-state index in [1.165, 1.54) is 18.2 Å². The van der Waals surface area contributed by atoms with Gasteiger partial charge in [-0.2, -0.15) is 0 Å². The van der Waals surface area contributed by atoms with Crippen LogP contribution in [0.3, 0.4) is 0 Å². The molecular formula is C18H15ClN4O4. The molecule has 1 heterocycles. The maximum Gasteiger partial charge on any atom is 0.319 e. The number of non-ortho nitro benzene ring substituents is 1. The first-order valence-corrected chi connectivity index (χ1v) is 8.32. The number of hydrogen-bond acceptors (Lipinski definition) is 4. The molecule has 2 aromatic rings. The molecule has 1 atom stereocenters. The van der Waals surface area contributed by atoms with Crippen molar-refractivity contribution in [2.24, 2.45) is 0 Å². The van der Waals surface area contributed by atoms with Crippen molar-refractivity contribution < 1.29 is 14.5 Å². The molecule has 27 heavy (non-hydrogen) atoms. The number of urea groups is 1. The Kier molecular flexibility index (Phi) is 5.09. The van der Waals surface area contributed by atoms with E-state index in [2.05, 4.69) is 16.0 Å². The van der Waals surface area contributed by atoms with Crippen LogP contribution < -0.4 is 16.0 Å². The molecule has 0 spiro atoms. The van der Waals surface area contributed by atoms with E-state index in [4.69, 9.17) is 11.6 Å². The summed E-state index contributed by atoms with van der Waals surface area (Å²) in [4.78, 5) is 35.1. The molecule has 3 N–H and O–H groups in total. The molecule has 0 aromatic heterocycles. The smallest absolute Gasteiger partial charge is 0.319 e. The third-order valence-corrected chi connectivity index (χ3v) is 4.25. The second-order valence-corrected chi connectivity index (χ2v) is 6.32. The second-order valence-electron chi connectivity index (χ2n) is 5.89. The van der Waals surface area contributed by atoms with Gasteiger partial charge in [0.15, 0.2) is 0 Å². The molecule has 0 fully saturated rings. The zero-order valence-electron chi connectivity index (χ0n) is 14.2. The molecule has 0 bridgehead atoms. The summed E-state index contributed by atoms with van der Waals surface area (Å²) >= 11 is 6.03. The van der Waals surface area contributed by atoms with E-state index >= 15 is 0 Å². The fourth-order valence-electron chi connectivity index (χ4n) is 2.83. The number of benzene rings is 2. The van der Waals surface area contributed by atoms with E-state index in [0.717, 1.165) is 0 Å². The largest absolute Gasteiger partial charge is 0.327 e. The Labute approximate surface area is 159 Å². The molecule has 3 rings (SSSR count). The molecule has 9 heteroatoms. The summed E-state index contributed by atoms with van der Waals surface area (Å²) in [5.74, 6) is -0.495.